The molecule has 0 fully saturated rings. The molecule has 112 valence electrons. The van der Waals surface area contributed by atoms with E-state index in [0.717, 1.165) is 5.56 Å². The van der Waals surface area contributed by atoms with E-state index in [2.05, 4.69) is 9.82 Å². The lowest BCUT2D eigenvalue weighted by Gasteiger charge is -2.06. The highest BCUT2D eigenvalue weighted by atomic mass is 32.2. The van der Waals surface area contributed by atoms with E-state index in [1.165, 1.54) is 31.2 Å². The first-order valence-electron chi connectivity index (χ1n) is 6.47. The van der Waals surface area contributed by atoms with Gasteiger partial charge in [0.2, 0.25) is 10.0 Å². The SMILES string of the molecule is CC(=O)c1ccc(S(=O)(=O)NCCc2cnn(C)c2)cc1. The summed E-state index contributed by atoms with van der Waals surface area (Å²) in [5, 5.41) is 4.02. The molecule has 6 nitrogen and oxygen atoms in total. The second-order valence-electron chi connectivity index (χ2n) is 4.75. The van der Waals surface area contributed by atoms with Crippen molar-refractivity contribution in [2.75, 3.05) is 6.54 Å². The van der Waals surface area contributed by atoms with Crippen molar-refractivity contribution < 1.29 is 13.2 Å². The predicted molar refractivity (Wildman–Crippen MR) is 78.5 cm³/mol. The Morgan fingerprint density at radius 3 is 2.48 bits per heavy atom. The maximum atomic E-state index is 12.1. The maximum Gasteiger partial charge on any atom is 0.240 e. The highest BCUT2D eigenvalue weighted by Gasteiger charge is 2.13. The van der Waals surface area contributed by atoms with Crippen LogP contribution in [0.5, 0.6) is 0 Å². The van der Waals surface area contributed by atoms with Gasteiger partial charge in [-0.3, -0.25) is 9.48 Å². The van der Waals surface area contributed by atoms with Crippen molar-refractivity contribution in [3.8, 4) is 0 Å². The fourth-order valence-electron chi connectivity index (χ4n) is 1.88. The maximum absolute atomic E-state index is 12.1. The lowest BCUT2D eigenvalue weighted by Crippen LogP contribution is -2.26. The van der Waals surface area contributed by atoms with Crippen molar-refractivity contribution in [2.45, 2.75) is 18.2 Å². The first-order valence-corrected chi connectivity index (χ1v) is 7.95. The summed E-state index contributed by atoms with van der Waals surface area (Å²) in [7, 11) is -1.74. The fraction of sp³-hybridized carbons (Fsp3) is 0.286. The number of ketones is 1. The summed E-state index contributed by atoms with van der Waals surface area (Å²) in [6.45, 7) is 1.73. The van der Waals surface area contributed by atoms with Gasteiger partial charge in [0.05, 0.1) is 11.1 Å². The topological polar surface area (TPSA) is 81.1 Å². The molecule has 0 amide bonds. The van der Waals surface area contributed by atoms with E-state index in [1.807, 2.05) is 13.2 Å². The van der Waals surface area contributed by atoms with Crippen molar-refractivity contribution in [3.05, 3.63) is 47.8 Å². The fourth-order valence-corrected chi connectivity index (χ4v) is 2.91. The zero-order valence-corrected chi connectivity index (χ0v) is 12.7. The minimum Gasteiger partial charge on any atom is -0.295 e. The van der Waals surface area contributed by atoms with E-state index in [4.69, 9.17) is 0 Å². The van der Waals surface area contributed by atoms with Crippen LogP contribution in [0.2, 0.25) is 0 Å². The Kier molecular flexibility index (Phi) is 4.54. The van der Waals surface area contributed by atoms with Gasteiger partial charge >= 0.3 is 0 Å². The van der Waals surface area contributed by atoms with Crippen molar-refractivity contribution in [1.29, 1.82) is 0 Å². The summed E-state index contributed by atoms with van der Waals surface area (Å²) in [4.78, 5) is 11.3. The van der Waals surface area contributed by atoms with Gasteiger partial charge in [0, 0.05) is 25.4 Å². The van der Waals surface area contributed by atoms with Gasteiger partial charge in [-0.05, 0) is 31.0 Å². The minimum atomic E-state index is -3.55. The second-order valence-corrected chi connectivity index (χ2v) is 6.52. The normalized spacial score (nSPS) is 11.5. The molecular weight excluding hydrogens is 290 g/mol. The summed E-state index contributed by atoms with van der Waals surface area (Å²) in [6, 6.07) is 5.89. The number of hydrogen-bond acceptors (Lipinski definition) is 4. The molecule has 0 aliphatic heterocycles. The average molecular weight is 307 g/mol. The van der Waals surface area contributed by atoms with Gasteiger partial charge in [-0.1, -0.05) is 12.1 Å². The molecule has 0 unspecified atom stereocenters. The average Bonchev–Trinajstić information content (AvgIpc) is 2.84. The summed E-state index contributed by atoms with van der Waals surface area (Å²) in [5.74, 6) is -0.0940. The molecular formula is C14H17N3O3S. The molecule has 0 aliphatic rings. The Hall–Kier alpha value is -1.99. The molecule has 0 aliphatic carbocycles. The molecule has 0 saturated heterocycles. The number of aryl methyl sites for hydroxylation is 1. The summed E-state index contributed by atoms with van der Waals surface area (Å²) in [5.41, 5.74) is 1.46. The molecule has 1 heterocycles. The molecule has 0 saturated carbocycles. The van der Waals surface area contributed by atoms with Gasteiger partial charge in [-0.15, -0.1) is 0 Å². The molecule has 21 heavy (non-hydrogen) atoms. The Morgan fingerprint density at radius 2 is 1.95 bits per heavy atom. The number of nitrogens with one attached hydrogen (secondary N) is 1. The van der Waals surface area contributed by atoms with Crippen LogP contribution in [-0.2, 0) is 23.5 Å². The van der Waals surface area contributed by atoms with Crippen LogP contribution in [0.1, 0.15) is 22.8 Å². The van der Waals surface area contributed by atoms with Gasteiger partial charge in [-0.2, -0.15) is 5.10 Å². The minimum absolute atomic E-state index is 0.0940. The van der Waals surface area contributed by atoms with Gasteiger partial charge in [0.1, 0.15) is 0 Å². The number of carbonyl (C=O) groups excluding carboxylic acids is 1. The van der Waals surface area contributed by atoms with Crippen molar-refractivity contribution >= 4 is 15.8 Å². The number of rotatable bonds is 6. The van der Waals surface area contributed by atoms with E-state index in [0.29, 0.717) is 18.5 Å². The number of hydrogen-bond donors (Lipinski definition) is 1. The summed E-state index contributed by atoms with van der Waals surface area (Å²) < 4.78 is 28.4. The zero-order chi connectivity index (χ0) is 15.5. The third-order valence-corrected chi connectivity index (χ3v) is 4.51. The zero-order valence-electron chi connectivity index (χ0n) is 11.9. The van der Waals surface area contributed by atoms with Crippen LogP contribution < -0.4 is 4.72 Å². The van der Waals surface area contributed by atoms with E-state index in [1.54, 1.807) is 10.9 Å². The molecule has 2 aromatic rings. The summed E-state index contributed by atoms with van der Waals surface area (Å²) in [6.07, 6.45) is 4.12. The quantitative estimate of drug-likeness (QED) is 0.812. The Morgan fingerprint density at radius 1 is 1.29 bits per heavy atom. The summed E-state index contributed by atoms with van der Waals surface area (Å²) >= 11 is 0. The Balaban J connectivity index is 1.99. The molecule has 1 aromatic heterocycles. The smallest absolute Gasteiger partial charge is 0.240 e. The largest absolute Gasteiger partial charge is 0.295 e. The van der Waals surface area contributed by atoms with E-state index in [9.17, 15) is 13.2 Å². The van der Waals surface area contributed by atoms with Crippen LogP contribution in [0.25, 0.3) is 0 Å². The molecule has 1 N–H and O–H groups in total. The van der Waals surface area contributed by atoms with Gasteiger partial charge in [0.15, 0.2) is 5.78 Å². The van der Waals surface area contributed by atoms with Crippen LogP contribution in [0.4, 0.5) is 0 Å². The number of Topliss-reactive ketones (excluding diaryl/α,β-unsaturated/α-hetero) is 1. The van der Waals surface area contributed by atoms with Crippen LogP contribution in [-0.4, -0.2) is 30.5 Å². The first-order chi connectivity index (χ1) is 9.88. The van der Waals surface area contributed by atoms with E-state index < -0.39 is 10.0 Å². The van der Waals surface area contributed by atoms with Crippen LogP contribution >= 0.6 is 0 Å². The predicted octanol–water partition coefficient (Wildman–Crippen LogP) is 1.14. The second kappa shape index (κ2) is 6.19. The van der Waals surface area contributed by atoms with E-state index in [-0.39, 0.29) is 10.7 Å². The third kappa shape index (κ3) is 3.99. The number of carbonyl (C=O) groups is 1. The molecule has 0 radical (unpaired) electrons. The first kappa shape index (κ1) is 15.4. The Labute approximate surface area is 123 Å². The molecule has 7 heteroatoms. The highest BCUT2D eigenvalue weighted by Crippen LogP contribution is 2.11. The van der Waals surface area contributed by atoms with Crippen molar-refractivity contribution in [1.82, 2.24) is 14.5 Å². The van der Waals surface area contributed by atoms with Crippen LogP contribution in [0.3, 0.4) is 0 Å². The third-order valence-electron chi connectivity index (χ3n) is 3.04. The van der Waals surface area contributed by atoms with Gasteiger partial charge in [-0.25, -0.2) is 13.1 Å². The Bertz CT molecular complexity index is 733. The highest BCUT2D eigenvalue weighted by molar-refractivity contribution is 7.89. The van der Waals surface area contributed by atoms with E-state index >= 15 is 0 Å². The molecule has 2 rings (SSSR count). The number of benzene rings is 1. The number of nitrogens with zero attached hydrogens (tertiary/aromatic N) is 2. The van der Waals surface area contributed by atoms with Crippen LogP contribution in [0, 0.1) is 0 Å². The van der Waals surface area contributed by atoms with Gasteiger partial charge < -0.3 is 0 Å². The number of aromatic nitrogens is 2. The standard InChI is InChI=1S/C14H17N3O3S/c1-11(18)13-3-5-14(6-4-13)21(19,20)16-8-7-12-9-15-17(2)10-12/h3-6,9-10,16H,7-8H2,1-2H3. The molecule has 0 bridgehead atoms. The van der Waals surface area contributed by atoms with Gasteiger partial charge in [0.25, 0.3) is 0 Å². The lowest BCUT2D eigenvalue weighted by atomic mass is 10.2. The van der Waals surface area contributed by atoms with Crippen molar-refractivity contribution in [2.24, 2.45) is 7.05 Å². The van der Waals surface area contributed by atoms with Crippen molar-refractivity contribution in [3.63, 3.8) is 0 Å². The molecule has 1 aromatic carbocycles. The lowest BCUT2D eigenvalue weighted by molar-refractivity contribution is 0.101. The number of sulfonamides is 1. The van der Waals surface area contributed by atoms with Crippen LogP contribution in [0.15, 0.2) is 41.6 Å². The monoisotopic (exact) mass is 307 g/mol. The molecule has 0 atom stereocenters. The molecule has 0 spiro atoms.